The molecule has 0 heterocycles. The molecule has 0 saturated carbocycles. The zero-order valence-corrected chi connectivity index (χ0v) is 9.33. The van der Waals surface area contributed by atoms with Gasteiger partial charge in [-0.05, 0) is 20.3 Å². The molecule has 0 rings (SSSR count). The number of hydrogen-bond acceptors (Lipinski definition) is 2. The van der Waals surface area contributed by atoms with Crippen LogP contribution in [-0.4, -0.2) is 34.5 Å². The summed E-state index contributed by atoms with van der Waals surface area (Å²) in [6.45, 7) is 5.93. The molecule has 0 atom stereocenters. The Balaban J connectivity index is 4.19. The quantitative estimate of drug-likeness (QED) is 0.733. The van der Waals surface area contributed by atoms with Crippen molar-refractivity contribution in [2.24, 2.45) is 0 Å². The van der Waals surface area contributed by atoms with Gasteiger partial charge in [0, 0.05) is 19.0 Å². The molecule has 14 heavy (non-hydrogen) atoms. The molecule has 0 aliphatic rings. The van der Waals surface area contributed by atoms with Gasteiger partial charge in [0.25, 0.3) is 0 Å². The van der Waals surface area contributed by atoms with Crippen LogP contribution in [0.2, 0.25) is 0 Å². The van der Waals surface area contributed by atoms with E-state index in [9.17, 15) is 9.59 Å². The van der Waals surface area contributed by atoms with Gasteiger partial charge in [-0.1, -0.05) is 6.92 Å². The first-order valence-electron chi connectivity index (χ1n) is 4.79. The lowest BCUT2D eigenvalue weighted by Gasteiger charge is -2.34. The second-order valence-corrected chi connectivity index (χ2v) is 4.01. The topological polar surface area (TPSA) is 57.6 Å². The molecule has 0 saturated heterocycles. The molecule has 1 N–H and O–H groups in total. The van der Waals surface area contributed by atoms with Crippen LogP contribution < -0.4 is 0 Å². The minimum atomic E-state index is -0.930. The molecule has 0 aliphatic carbocycles. The van der Waals surface area contributed by atoms with Crippen LogP contribution in [0.25, 0.3) is 0 Å². The van der Waals surface area contributed by atoms with Crippen LogP contribution >= 0.6 is 0 Å². The number of aliphatic carboxylic acids is 1. The number of rotatable bonds is 5. The van der Waals surface area contributed by atoms with Crippen LogP contribution in [0.15, 0.2) is 0 Å². The van der Waals surface area contributed by atoms with E-state index in [0.717, 1.165) is 6.42 Å². The minimum absolute atomic E-state index is 0.0786. The van der Waals surface area contributed by atoms with Crippen molar-refractivity contribution in [1.29, 1.82) is 0 Å². The third-order valence-electron chi connectivity index (χ3n) is 2.70. The maximum atomic E-state index is 11.5. The van der Waals surface area contributed by atoms with E-state index >= 15 is 0 Å². The Hall–Kier alpha value is -1.06. The number of carboxylic acid groups (broad SMARTS) is 1. The number of carbonyl (C=O) groups excluding carboxylic acids is 1. The van der Waals surface area contributed by atoms with Crippen molar-refractivity contribution in [2.75, 3.05) is 7.05 Å². The molecular weight excluding hydrogens is 182 g/mol. The normalized spacial score (nSPS) is 11.1. The van der Waals surface area contributed by atoms with Crippen molar-refractivity contribution in [3.05, 3.63) is 0 Å². The second-order valence-electron chi connectivity index (χ2n) is 4.01. The molecule has 0 fully saturated rings. The van der Waals surface area contributed by atoms with Crippen molar-refractivity contribution in [2.45, 2.75) is 45.6 Å². The standard InChI is InChI=1S/C10H19NO3/c1-5-10(2,3)11(4)8(12)6-7-9(13)14/h5-7H2,1-4H3,(H,13,14). The van der Waals surface area contributed by atoms with Crippen LogP contribution in [0.3, 0.4) is 0 Å². The first-order valence-corrected chi connectivity index (χ1v) is 4.79. The Morgan fingerprint density at radius 2 is 1.79 bits per heavy atom. The molecule has 0 aromatic heterocycles. The van der Waals surface area contributed by atoms with Crippen LogP contribution in [0.5, 0.6) is 0 Å². The molecule has 82 valence electrons. The highest BCUT2D eigenvalue weighted by Crippen LogP contribution is 2.17. The van der Waals surface area contributed by atoms with Crippen LogP contribution in [-0.2, 0) is 9.59 Å². The lowest BCUT2D eigenvalue weighted by molar-refractivity contribution is -0.142. The van der Waals surface area contributed by atoms with E-state index in [1.54, 1.807) is 11.9 Å². The zero-order chi connectivity index (χ0) is 11.4. The molecule has 4 heteroatoms. The van der Waals surface area contributed by atoms with Gasteiger partial charge in [-0.3, -0.25) is 9.59 Å². The second kappa shape index (κ2) is 4.98. The summed E-state index contributed by atoms with van der Waals surface area (Å²) in [6, 6.07) is 0. The summed E-state index contributed by atoms with van der Waals surface area (Å²) < 4.78 is 0. The predicted molar refractivity (Wildman–Crippen MR) is 54.0 cm³/mol. The van der Waals surface area contributed by atoms with Gasteiger partial charge in [0.05, 0.1) is 6.42 Å². The maximum Gasteiger partial charge on any atom is 0.303 e. The van der Waals surface area contributed by atoms with E-state index < -0.39 is 5.97 Å². The summed E-state index contributed by atoms with van der Waals surface area (Å²) in [6.07, 6.45) is 0.834. The average molecular weight is 201 g/mol. The van der Waals surface area contributed by atoms with Crippen LogP contribution in [0.1, 0.15) is 40.0 Å². The fraction of sp³-hybridized carbons (Fsp3) is 0.800. The molecule has 0 aromatic carbocycles. The highest BCUT2D eigenvalue weighted by atomic mass is 16.4. The fourth-order valence-electron chi connectivity index (χ4n) is 0.956. The molecule has 0 radical (unpaired) electrons. The SMILES string of the molecule is CCC(C)(C)N(C)C(=O)CCC(=O)O. The van der Waals surface area contributed by atoms with E-state index in [1.807, 2.05) is 20.8 Å². The van der Waals surface area contributed by atoms with Crippen molar-refractivity contribution in [3.63, 3.8) is 0 Å². The number of hydrogen-bond donors (Lipinski definition) is 1. The summed E-state index contributed by atoms with van der Waals surface area (Å²) >= 11 is 0. The first kappa shape index (κ1) is 12.9. The third kappa shape index (κ3) is 3.77. The largest absolute Gasteiger partial charge is 0.481 e. The molecule has 4 nitrogen and oxygen atoms in total. The summed E-state index contributed by atoms with van der Waals surface area (Å²) in [5, 5.41) is 8.43. The van der Waals surface area contributed by atoms with E-state index in [0.29, 0.717) is 0 Å². The van der Waals surface area contributed by atoms with Crippen molar-refractivity contribution in [1.82, 2.24) is 4.90 Å². The van der Waals surface area contributed by atoms with Gasteiger partial charge in [-0.2, -0.15) is 0 Å². The van der Waals surface area contributed by atoms with Crippen LogP contribution in [0, 0.1) is 0 Å². The van der Waals surface area contributed by atoms with Gasteiger partial charge >= 0.3 is 5.97 Å². The molecule has 0 bridgehead atoms. The predicted octanol–water partition coefficient (Wildman–Crippen LogP) is 1.50. The Morgan fingerprint density at radius 1 is 1.29 bits per heavy atom. The zero-order valence-electron chi connectivity index (χ0n) is 9.33. The Morgan fingerprint density at radius 3 is 2.14 bits per heavy atom. The molecule has 1 amide bonds. The molecular formula is C10H19NO3. The Bertz CT molecular complexity index is 223. The van der Waals surface area contributed by atoms with Gasteiger partial charge < -0.3 is 10.0 Å². The first-order chi connectivity index (χ1) is 6.31. The Labute approximate surface area is 84.9 Å². The summed E-state index contributed by atoms with van der Waals surface area (Å²) in [7, 11) is 1.72. The number of amides is 1. The highest BCUT2D eigenvalue weighted by Gasteiger charge is 2.25. The van der Waals surface area contributed by atoms with E-state index in [1.165, 1.54) is 0 Å². The summed E-state index contributed by atoms with van der Waals surface area (Å²) in [5.41, 5.74) is -0.199. The molecule has 0 spiro atoms. The summed E-state index contributed by atoms with van der Waals surface area (Å²) in [5.74, 6) is -1.04. The highest BCUT2D eigenvalue weighted by molar-refractivity contribution is 5.81. The molecule has 0 unspecified atom stereocenters. The van der Waals surface area contributed by atoms with Gasteiger partial charge in [0.2, 0.25) is 5.91 Å². The van der Waals surface area contributed by atoms with E-state index in [4.69, 9.17) is 5.11 Å². The van der Waals surface area contributed by atoms with E-state index in [2.05, 4.69) is 0 Å². The third-order valence-corrected chi connectivity index (χ3v) is 2.70. The maximum absolute atomic E-state index is 11.5. The molecule has 0 aromatic rings. The van der Waals surface area contributed by atoms with Crippen molar-refractivity contribution >= 4 is 11.9 Å². The van der Waals surface area contributed by atoms with Crippen molar-refractivity contribution in [3.8, 4) is 0 Å². The van der Waals surface area contributed by atoms with Gasteiger partial charge in [0.15, 0.2) is 0 Å². The number of carboxylic acids is 1. The fourth-order valence-corrected chi connectivity index (χ4v) is 0.956. The molecule has 0 aliphatic heterocycles. The monoisotopic (exact) mass is 201 g/mol. The average Bonchev–Trinajstić information content (AvgIpc) is 2.12. The number of nitrogens with zero attached hydrogens (tertiary/aromatic N) is 1. The summed E-state index contributed by atoms with van der Waals surface area (Å²) in [4.78, 5) is 23.4. The minimum Gasteiger partial charge on any atom is -0.481 e. The lowest BCUT2D eigenvalue weighted by Crippen LogP contribution is -2.44. The number of carbonyl (C=O) groups is 2. The lowest BCUT2D eigenvalue weighted by atomic mass is 9.99. The van der Waals surface area contributed by atoms with Gasteiger partial charge in [0.1, 0.15) is 0 Å². The van der Waals surface area contributed by atoms with E-state index in [-0.39, 0.29) is 24.3 Å². The Kier molecular flexibility index (Phi) is 4.60. The van der Waals surface area contributed by atoms with Crippen molar-refractivity contribution < 1.29 is 14.7 Å². The van der Waals surface area contributed by atoms with Crippen LogP contribution in [0.4, 0.5) is 0 Å². The smallest absolute Gasteiger partial charge is 0.303 e. The van der Waals surface area contributed by atoms with Gasteiger partial charge in [-0.15, -0.1) is 0 Å². The van der Waals surface area contributed by atoms with Gasteiger partial charge in [-0.25, -0.2) is 0 Å².